The molecule has 100 valence electrons. The van der Waals surface area contributed by atoms with E-state index in [-0.39, 0.29) is 17.9 Å². The highest BCUT2D eigenvalue weighted by Gasteiger charge is 2.42. The third kappa shape index (κ3) is 2.12. The molecule has 0 aromatic carbocycles. The Morgan fingerprint density at radius 3 is 2.84 bits per heavy atom. The molecule has 19 heavy (non-hydrogen) atoms. The molecule has 0 saturated heterocycles. The van der Waals surface area contributed by atoms with Crippen LogP contribution in [0.2, 0.25) is 0 Å². The van der Waals surface area contributed by atoms with Crippen molar-refractivity contribution in [2.24, 2.45) is 23.7 Å². The van der Waals surface area contributed by atoms with E-state index in [1.165, 1.54) is 19.3 Å². The van der Waals surface area contributed by atoms with Gasteiger partial charge in [-0.05, 0) is 43.4 Å². The highest BCUT2D eigenvalue weighted by atomic mass is 32.1. The Morgan fingerprint density at radius 2 is 2.26 bits per heavy atom. The number of rotatable bonds is 4. The Bertz CT molecular complexity index is 506. The summed E-state index contributed by atoms with van der Waals surface area (Å²) in [4.78, 5) is 16.9. The Labute approximate surface area is 117 Å². The minimum atomic E-state index is 0.163. The quantitative estimate of drug-likeness (QED) is 0.858. The number of nitrogens with one attached hydrogen (secondary N) is 1. The van der Waals surface area contributed by atoms with Crippen molar-refractivity contribution < 1.29 is 4.79 Å². The molecule has 3 aliphatic carbocycles. The maximum atomic E-state index is 12.5. The molecule has 2 bridgehead atoms. The first kappa shape index (κ1) is 11.6. The third-order valence-electron chi connectivity index (χ3n) is 4.72. The molecule has 2 saturated carbocycles. The lowest BCUT2D eigenvalue weighted by Gasteiger charge is -2.22. The summed E-state index contributed by atoms with van der Waals surface area (Å²) in [6.45, 7) is 0. The van der Waals surface area contributed by atoms with E-state index in [0.29, 0.717) is 17.8 Å². The molecular formula is C15H18N2OS. The van der Waals surface area contributed by atoms with E-state index in [1.54, 1.807) is 11.3 Å². The first-order valence-electron chi connectivity index (χ1n) is 7.19. The molecule has 1 aromatic rings. The SMILES string of the molecule is O=C(N[C@@H](c1nccs1)C1CC1)[C@@H]1C[C@H]2C=C[C@H]1C2. The lowest BCUT2D eigenvalue weighted by molar-refractivity contribution is -0.126. The largest absolute Gasteiger partial charge is 0.346 e. The minimum absolute atomic E-state index is 0.163. The summed E-state index contributed by atoms with van der Waals surface area (Å²) in [6, 6.07) is 0.163. The van der Waals surface area contributed by atoms with Gasteiger partial charge < -0.3 is 5.32 Å². The van der Waals surface area contributed by atoms with Crippen molar-refractivity contribution >= 4 is 17.2 Å². The predicted octanol–water partition coefficient (Wildman–Crippen LogP) is 2.92. The standard InChI is InChI=1S/C15H18N2OS/c18-14(12-8-9-1-2-11(12)7-9)17-13(10-3-4-10)15-16-5-6-19-15/h1-2,5-6,9-13H,3-4,7-8H2,(H,17,18)/t9-,11-,12+,13+/m0/s1. The Kier molecular flexibility index (Phi) is 2.72. The number of nitrogens with zero attached hydrogens (tertiary/aromatic N) is 1. The normalized spacial score (nSPS) is 33.6. The van der Waals surface area contributed by atoms with Gasteiger partial charge in [-0.15, -0.1) is 11.3 Å². The van der Waals surface area contributed by atoms with Crippen LogP contribution < -0.4 is 5.32 Å². The molecule has 1 amide bonds. The van der Waals surface area contributed by atoms with Crippen molar-refractivity contribution in [2.45, 2.75) is 31.7 Å². The fourth-order valence-electron chi connectivity index (χ4n) is 3.54. The number of allylic oxidation sites excluding steroid dienone is 2. The summed E-state index contributed by atoms with van der Waals surface area (Å²) in [5.74, 6) is 2.21. The monoisotopic (exact) mass is 274 g/mol. The van der Waals surface area contributed by atoms with Crippen LogP contribution in [-0.4, -0.2) is 10.9 Å². The van der Waals surface area contributed by atoms with Crippen molar-refractivity contribution in [2.75, 3.05) is 0 Å². The molecule has 0 radical (unpaired) electrons. The summed E-state index contributed by atoms with van der Waals surface area (Å²) in [7, 11) is 0. The summed E-state index contributed by atoms with van der Waals surface area (Å²) in [5.41, 5.74) is 0. The van der Waals surface area contributed by atoms with E-state index in [2.05, 4.69) is 22.5 Å². The fourth-order valence-corrected chi connectivity index (χ4v) is 4.32. The second kappa shape index (κ2) is 4.44. The van der Waals surface area contributed by atoms with Crippen molar-refractivity contribution in [1.29, 1.82) is 0 Å². The summed E-state index contributed by atoms with van der Waals surface area (Å²) < 4.78 is 0. The van der Waals surface area contributed by atoms with Gasteiger partial charge >= 0.3 is 0 Å². The summed E-state index contributed by atoms with van der Waals surface area (Å²) in [5, 5.41) is 6.36. The average molecular weight is 274 g/mol. The molecular weight excluding hydrogens is 256 g/mol. The van der Waals surface area contributed by atoms with Crippen LogP contribution in [0.4, 0.5) is 0 Å². The van der Waals surface area contributed by atoms with Crippen LogP contribution in [0.3, 0.4) is 0 Å². The average Bonchev–Trinajstić information content (AvgIpc) is 2.86. The second-order valence-corrected chi connectivity index (χ2v) is 7.01. The van der Waals surface area contributed by atoms with Gasteiger partial charge in [0.2, 0.25) is 5.91 Å². The molecule has 0 spiro atoms. The van der Waals surface area contributed by atoms with Crippen molar-refractivity contribution in [3.8, 4) is 0 Å². The number of hydrogen-bond donors (Lipinski definition) is 1. The van der Waals surface area contributed by atoms with E-state index in [4.69, 9.17) is 0 Å². The van der Waals surface area contributed by atoms with E-state index < -0.39 is 0 Å². The van der Waals surface area contributed by atoms with Gasteiger partial charge in [0, 0.05) is 17.5 Å². The van der Waals surface area contributed by atoms with E-state index >= 15 is 0 Å². The molecule has 1 heterocycles. The number of thiazole rings is 1. The highest BCUT2D eigenvalue weighted by molar-refractivity contribution is 7.09. The molecule has 4 atom stereocenters. The van der Waals surface area contributed by atoms with E-state index in [9.17, 15) is 4.79 Å². The van der Waals surface area contributed by atoms with Crippen LogP contribution >= 0.6 is 11.3 Å². The zero-order valence-corrected chi connectivity index (χ0v) is 11.6. The van der Waals surface area contributed by atoms with Gasteiger partial charge in [0.15, 0.2) is 0 Å². The molecule has 0 unspecified atom stereocenters. The smallest absolute Gasteiger partial charge is 0.224 e. The molecule has 3 nitrogen and oxygen atoms in total. The Balaban J connectivity index is 1.47. The molecule has 1 aromatic heterocycles. The third-order valence-corrected chi connectivity index (χ3v) is 5.58. The van der Waals surface area contributed by atoms with Gasteiger partial charge in [-0.3, -0.25) is 4.79 Å². The number of aromatic nitrogens is 1. The van der Waals surface area contributed by atoms with Gasteiger partial charge in [0.1, 0.15) is 5.01 Å². The first-order valence-corrected chi connectivity index (χ1v) is 8.07. The van der Waals surface area contributed by atoms with Crippen LogP contribution in [0.15, 0.2) is 23.7 Å². The Hall–Kier alpha value is -1.16. The Morgan fingerprint density at radius 1 is 1.37 bits per heavy atom. The van der Waals surface area contributed by atoms with Crippen LogP contribution in [0.1, 0.15) is 36.7 Å². The minimum Gasteiger partial charge on any atom is -0.346 e. The van der Waals surface area contributed by atoms with Crippen molar-refractivity contribution in [3.63, 3.8) is 0 Å². The maximum absolute atomic E-state index is 12.5. The van der Waals surface area contributed by atoms with Gasteiger partial charge in [0.25, 0.3) is 0 Å². The van der Waals surface area contributed by atoms with Crippen LogP contribution in [0, 0.1) is 23.7 Å². The van der Waals surface area contributed by atoms with Crippen molar-refractivity contribution in [3.05, 3.63) is 28.7 Å². The van der Waals surface area contributed by atoms with E-state index in [1.807, 2.05) is 11.6 Å². The van der Waals surface area contributed by atoms with Crippen molar-refractivity contribution in [1.82, 2.24) is 10.3 Å². The van der Waals surface area contributed by atoms with E-state index in [0.717, 1.165) is 11.4 Å². The molecule has 0 aliphatic heterocycles. The van der Waals surface area contributed by atoms with Gasteiger partial charge in [-0.2, -0.15) is 0 Å². The molecule has 3 aliphatic rings. The number of amides is 1. The second-order valence-electron chi connectivity index (χ2n) is 6.08. The zero-order valence-electron chi connectivity index (χ0n) is 10.8. The van der Waals surface area contributed by atoms with Crippen LogP contribution in [0.25, 0.3) is 0 Å². The maximum Gasteiger partial charge on any atom is 0.224 e. The fraction of sp³-hybridized carbons (Fsp3) is 0.600. The highest BCUT2D eigenvalue weighted by Crippen LogP contribution is 2.45. The number of carbonyl (C=O) groups excluding carboxylic acids is 1. The molecule has 4 heteroatoms. The lowest BCUT2D eigenvalue weighted by Crippen LogP contribution is -2.36. The molecule has 4 rings (SSSR count). The predicted molar refractivity (Wildman–Crippen MR) is 74.6 cm³/mol. The topological polar surface area (TPSA) is 42.0 Å². The van der Waals surface area contributed by atoms with Crippen LogP contribution in [-0.2, 0) is 4.79 Å². The number of carbonyl (C=O) groups is 1. The molecule has 2 fully saturated rings. The number of fused-ring (bicyclic) bond motifs is 2. The lowest BCUT2D eigenvalue weighted by atomic mass is 9.92. The first-order chi connectivity index (χ1) is 9.31. The van der Waals surface area contributed by atoms with Gasteiger partial charge in [-0.25, -0.2) is 4.98 Å². The van der Waals surface area contributed by atoms with Gasteiger partial charge in [-0.1, -0.05) is 12.2 Å². The molecule has 1 N–H and O–H groups in total. The van der Waals surface area contributed by atoms with Crippen LogP contribution in [0.5, 0.6) is 0 Å². The summed E-state index contributed by atoms with van der Waals surface area (Å²) >= 11 is 1.66. The zero-order chi connectivity index (χ0) is 12.8. The summed E-state index contributed by atoms with van der Waals surface area (Å²) in [6.07, 6.45) is 11.0. The van der Waals surface area contributed by atoms with Gasteiger partial charge in [0.05, 0.1) is 6.04 Å². The number of hydrogen-bond acceptors (Lipinski definition) is 3.